The molecule has 4 atom stereocenters. The molecule has 28 heteroatoms. The number of hydroxylamine groups is 1. The Balaban J connectivity index is 0.000000125. The van der Waals surface area contributed by atoms with Gasteiger partial charge in [-0.1, -0.05) is 48.5 Å². The highest BCUT2D eigenvalue weighted by Crippen LogP contribution is 2.50. The summed E-state index contributed by atoms with van der Waals surface area (Å²) in [6.45, 7) is 6.69. The predicted octanol–water partition coefficient (Wildman–Crippen LogP) is 12.4. The summed E-state index contributed by atoms with van der Waals surface area (Å²) in [5.41, 5.74) is 8.17. The first-order valence-electron chi connectivity index (χ1n) is 30.7. The number of ether oxygens (including phenoxy) is 2. The lowest BCUT2D eigenvalue weighted by Crippen LogP contribution is -2.44. The van der Waals surface area contributed by atoms with E-state index >= 15 is 0 Å². The second-order valence-electron chi connectivity index (χ2n) is 24.6. The largest absolute Gasteiger partial charge is 0.481 e. The minimum absolute atomic E-state index is 0.274. The fourth-order valence-corrected chi connectivity index (χ4v) is 19.5. The number of carbonyl (C=O) groups excluding carboxylic acids is 3. The number of carbonyl (C=O) groups is 4. The number of nitrogens with zero attached hydrogens (tertiary/aromatic N) is 10. The molecular weight excluding hydrogens is 1410 g/mol. The maximum absolute atomic E-state index is 14.1. The van der Waals surface area contributed by atoms with E-state index in [0.717, 1.165) is 78.3 Å². The maximum atomic E-state index is 14.1. The van der Waals surface area contributed by atoms with Crippen molar-refractivity contribution in [2.45, 2.75) is 101 Å². The molecule has 7 aromatic heterocycles. The average Bonchev–Trinajstić information content (AvgIpc) is 1.57. The Hall–Kier alpha value is -8.93. The number of fused-ring (bicyclic) bond motifs is 4. The van der Waals surface area contributed by atoms with E-state index in [9.17, 15) is 47.1 Å². The number of halogens is 5. The first kappa shape index (κ1) is 69.0. The number of rotatable bonds is 11. The number of carboxylic acids is 1. The third-order valence-electron chi connectivity index (χ3n) is 19.2. The highest BCUT2D eigenvalue weighted by molar-refractivity contribution is 9.11. The molecule has 19 nitrogen and oxygen atoms in total. The van der Waals surface area contributed by atoms with Gasteiger partial charge in [-0.2, -0.15) is 15.3 Å². The number of aryl methyl sites for hydroxylation is 3. The molecule has 7 heterocycles. The molecule has 98 heavy (non-hydrogen) atoms. The van der Waals surface area contributed by atoms with Crippen LogP contribution in [-0.2, 0) is 123 Å². The second-order valence-corrected chi connectivity index (χ2v) is 30.3. The lowest BCUT2D eigenvalue weighted by Gasteiger charge is -2.28. The number of aromatic nitrogens is 10. The molecule has 4 aromatic carbocycles. The number of benzene rings is 4. The zero-order valence-electron chi connectivity index (χ0n) is 54.4. The Morgan fingerprint density at radius 3 is 1.06 bits per heavy atom. The van der Waals surface area contributed by atoms with Gasteiger partial charge in [0.1, 0.15) is 54.5 Å². The molecule has 506 valence electrons. The highest BCUT2D eigenvalue weighted by Gasteiger charge is 2.53. The van der Waals surface area contributed by atoms with Gasteiger partial charge in [0.15, 0.2) is 3.92 Å². The molecular formula is C70H64BrF4N11O8S4. The van der Waals surface area contributed by atoms with E-state index < -0.39 is 33.5 Å². The molecule has 0 bridgehead atoms. The van der Waals surface area contributed by atoms with Crippen molar-refractivity contribution in [3.63, 3.8) is 0 Å². The summed E-state index contributed by atoms with van der Waals surface area (Å²) in [4.78, 5) is 72.5. The number of aliphatic carboxylic acids is 1. The number of nitrogens with one attached hydrogen (secondary N) is 1. The third kappa shape index (κ3) is 12.1. The van der Waals surface area contributed by atoms with Crippen LogP contribution in [-0.4, -0.2) is 97.6 Å². The van der Waals surface area contributed by atoms with E-state index in [1.807, 2.05) is 45.4 Å². The third-order valence-corrected chi connectivity index (χ3v) is 24.1. The zero-order valence-corrected chi connectivity index (χ0v) is 59.2. The van der Waals surface area contributed by atoms with Crippen LogP contribution in [0.4, 0.5) is 17.6 Å². The van der Waals surface area contributed by atoms with E-state index in [4.69, 9.17) is 14.5 Å². The summed E-state index contributed by atoms with van der Waals surface area (Å²) in [5, 5.41) is 34.3. The van der Waals surface area contributed by atoms with Crippen LogP contribution in [0.15, 0.2) is 114 Å². The fourth-order valence-electron chi connectivity index (χ4n) is 14.0. The molecule has 0 aliphatic heterocycles. The van der Waals surface area contributed by atoms with Gasteiger partial charge in [0.05, 0.1) is 59.5 Å². The van der Waals surface area contributed by atoms with Gasteiger partial charge < -0.3 is 14.6 Å². The van der Waals surface area contributed by atoms with Crippen LogP contribution in [0.5, 0.6) is 0 Å². The molecule has 3 N–H and O–H groups in total. The van der Waals surface area contributed by atoms with Gasteiger partial charge in [-0.15, -0.1) is 45.3 Å². The van der Waals surface area contributed by atoms with Gasteiger partial charge in [0, 0.05) is 111 Å². The molecule has 1 amide bonds. The van der Waals surface area contributed by atoms with Crippen molar-refractivity contribution in [1.82, 2.24) is 54.8 Å². The zero-order chi connectivity index (χ0) is 69.9. The van der Waals surface area contributed by atoms with Crippen LogP contribution in [0.3, 0.4) is 0 Å². The summed E-state index contributed by atoms with van der Waals surface area (Å²) in [6.07, 6.45) is 8.26. The smallest absolute Gasteiger partial charge is 0.317 e. The number of hydrogen-bond acceptors (Lipinski definition) is 18. The first-order valence-corrected chi connectivity index (χ1v) is 34.8. The van der Waals surface area contributed by atoms with E-state index in [2.05, 4.69) is 46.2 Å². The lowest BCUT2D eigenvalue weighted by molar-refractivity contribution is -0.148. The van der Waals surface area contributed by atoms with Gasteiger partial charge >= 0.3 is 17.9 Å². The quantitative estimate of drug-likeness (QED) is 0.0472. The molecule has 11 aromatic rings. The maximum Gasteiger partial charge on any atom is 0.317 e. The molecule has 0 spiro atoms. The van der Waals surface area contributed by atoms with Gasteiger partial charge in [-0.05, 0) is 131 Å². The van der Waals surface area contributed by atoms with Crippen molar-refractivity contribution >= 4 is 85.1 Å². The van der Waals surface area contributed by atoms with Crippen molar-refractivity contribution in [3.05, 3.63) is 224 Å². The van der Waals surface area contributed by atoms with Crippen LogP contribution in [0.2, 0.25) is 0 Å². The number of carboxylic acid groups (broad SMARTS) is 1. The molecule has 0 saturated carbocycles. The Labute approximate surface area is 584 Å². The van der Waals surface area contributed by atoms with E-state index in [1.54, 1.807) is 120 Å². The Kier molecular flexibility index (Phi) is 19.1. The molecule has 0 fully saturated rings. The normalized spacial score (nSPS) is 19.2. The monoisotopic (exact) mass is 1470 g/mol. The van der Waals surface area contributed by atoms with Crippen molar-refractivity contribution in [3.8, 4) is 32.1 Å². The molecule has 4 aliphatic carbocycles. The van der Waals surface area contributed by atoms with Crippen molar-refractivity contribution in [2.24, 2.45) is 21.1 Å². The van der Waals surface area contributed by atoms with Gasteiger partial charge in [-0.25, -0.2) is 43.0 Å². The number of amides is 1. The first-order chi connectivity index (χ1) is 46.8. The molecule has 0 radical (unpaired) electrons. The van der Waals surface area contributed by atoms with Crippen LogP contribution < -0.4 is 5.48 Å². The van der Waals surface area contributed by atoms with E-state index in [0.29, 0.717) is 89.5 Å². The van der Waals surface area contributed by atoms with Crippen LogP contribution in [0.25, 0.3) is 32.1 Å². The van der Waals surface area contributed by atoms with Crippen LogP contribution in [0, 0.1) is 51.0 Å². The summed E-state index contributed by atoms with van der Waals surface area (Å²) >= 11 is 9.42. The second kappa shape index (κ2) is 27.1. The SMILES string of the molecule is COC(=O)[C@@]1(c2cccc(F)c2C)Cc2nc(-c3ccnn3C)sc2C1.COC(=O)[C@@]1(c2cccc(F)c2C)Cc2nc(Br)sc2C1.Cc1c(F)cccc1[C@]1(C(=O)NO)Cc2nc(-c3ccnn3C)sc2C1.Cc1c(F)cccc1[C@]1(C(=O)O)Cc2nc(-c3ccnn3C)sc2C1. The summed E-state index contributed by atoms with van der Waals surface area (Å²) in [7, 11) is 8.31. The topological polar surface area (TPSA) is 244 Å². The molecule has 0 unspecified atom stereocenters. The minimum atomic E-state index is -1.15. The number of methoxy groups -OCH3 is 2. The van der Waals surface area contributed by atoms with Crippen molar-refractivity contribution in [1.29, 1.82) is 0 Å². The fraction of sp³-hybridized carbons (Fsp3) is 0.300. The van der Waals surface area contributed by atoms with Gasteiger partial charge in [0.2, 0.25) is 0 Å². The Morgan fingerprint density at radius 1 is 0.459 bits per heavy atom. The number of thiazole rings is 4. The Bertz CT molecular complexity index is 4700. The minimum Gasteiger partial charge on any atom is -0.481 e. The molecule has 4 aliphatic rings. The standard InChI is InChI=1S/C19H18FN3O2S.C18H17FN4O2S.C18H16FN3O2S.C15H13BrFNO2S/c1-11-12(5-4-6-13(11)20)19(18(24)25-3)9-14-16(10-19)26-17(22-14)15-7-8-21-23(15)2;1-10-11(4-3-5-12(10)19)18(17(24)22-25)8-13-15(9-18)26-16(21-13)14-6-7-20-23(14)2;1-10-11(4-3-5-12(10)19)18(17(23)24)8-13-15(9-18)25-16(21-13)14-6-7-20-22(14)2;1-8-9(4-3-5-10(8)17)15(13(19)20-2)6-11-12(7-15)21-14(16)18-11/h4-8H,9-10H2,1-3H3;3-7,25H,8-9H2,1-2H3,(H,22,24);3-7H,8-9H2,1-2H3,(H,23,24);3-5H,6-7H2,1-2H3/t19-;2*18-;15-/m0000/s1. The van der Waals surface area contributed by atoms with Crippen molar-refractivity contribution in [2.75, 3.05) is 14.2 Å². The Morgan fingerprint density at radius 2 is 0.755 bits per heavy atom. The molecule has 0 saturated heterocycles. The van der Waals surface area contributed by atoms with Crippen molar-refractivity contribution < 1.29 is 56.5 Å². The van der Waals surface area contributed by atoms with Gasteiger partial charge in [-0.3, -0.25) is 38.4 Å². The molecule has 15 rings (SSSR count). The summed E-state index contributed by atoms with van der Waals surface area (Å²) < 4.78 is 72.4. The average molecular weight is 1470 g/mol. The number of esters is 2. The van der Waals surface area contributed by atoms with E-state index in [1.165, 1.54) is 72.5 Å². The summed E-state index contributed by atoms with van der Waals surface area (Å²) in [5.74, 6) is -3.53. The van der Waals surface area contributed by atoms with Gasteiger partial charge in [0.25, 0.3) is 5.91 Å². The van der Waals surface area contributed by atoms with Crippen LogP contribution in [0.1, 0.15) is 86.8 Å². The summed E-state index contributed by atoms with van der Waals surface area (Å²) in [6, 6.07) is 24.7. The lowest BCUT2D eigenvalue weighted by atomic mass is 9.75. The predicted molar refractivity (Wildman–Crippen MR) is 365 cm³/mol. The van der Waals surface area contributed by atoms with E-state index in [-0.39, 0.29) is 41.6 Å². The highest BCUT2D eigenvalue weighted by atomic mass is 79.9. The number of hydrogen-bond donors (Lipinski definition) is 3. The van der Waals surface area contributed by atoms with Crippen LogP contribution >= 0.6 is 61.3 Å².